The molecule has 0 N–H and O–H groups in total. The zero-order valence-corrected chi connectivity index (χ0v) is 16.0. The van der Waals surface area contributed by atoms with E-state index in [1.54, 1.807) is 11.8 Å². The number of aromatic nitrogens is 2. The third-order valence-electron chi connectivity index (χ3n) is 6.89. The molecule has 1 aromatic carbocycles. The van der Waals surface area contributed by atoms with Gasteiger partial charge in [0, 0.05) is 12.0 Å². The maximum absolute atomic E-state index is 13.3. The number of allylic oxidation sites excluding steroid dienone is 1. The zero-order valence-electron chi connectivity index (χ0n) is 15.2. The van der Waals surface area contributed by atoms with Gasteiger partial charge in [-0.25, -0.2) is 4.98 Å². The van der Waals surface area contributed by atoms with Gasteiger partial charge in [0.1, 0.15) is 5.78 Å². The van der Waals surface area contributed by atoms with E-state index in [9.17, 15) is 4.79 Å². The van der Waals surface area contributed by atoms with E-state index < -0.39 is 0 Å². The summed E-state index contributed by atoms with van der Waals surface area (Å²) in [6.45, 7) is 4.61. The van der Waals surface area contributed by atoms with E-state index in [2.05, 4.69) is 17.2 Å². The summed E-state index contributed by atoms with van der Waals surface area (Å²) in [4.78, 5) is 18.1. The molecule has 1 heterocycles. The van der Waals surface area contributed by atoms with Crippen LogP contribution in [0.3, 0.4) is 0 Å². The molecule has 0 spiro atoms. The summed E-state index contributed by atoms with van der Waals surface area (Å²) >= 11 is 1.62. The van der Waals surface area contributed by atoms with Crippen molar-refractivity contribution in [1.29, 1.82) is 0 Å². The van der Waals surface area contributed by atoms with Crippen LogP contribution < -0.4 is 0 Å². The Morgan fingerprint density at radius 2 is 1.85 bits per heavy atom. The lowest BCUT2D eigenvalue weighted by Gasteiger charge is -2.56. The molecule has 3 nitrogen and oxygen atoms in total. The molecule has 0 unspecified atom stereocenters. The van der Waals surface area contributed by atoms with Gasteiger partial charge in [0.2, 0.25) is 0 Å². The van der Waals surface area contributed by atoms with E-state index in [-0.39, 0.29) is 5.41 Å². The summed E-state index contributed by atoms with van der Waals surface area (Å²) in [6, 6.07) is 8.19. The number of ketones is 1. The normalized spacial score (nSPS) is 32.2. The third-order valence-corrected chi connectivity index (χ3v) is 7.87. The number of nitrogens with zero attached hydrogens (tertiary/aromatic N) is 2. The van der Waals surface area contributed by atoms with Crippen molar-refractivity contribution in [3.8, 4) is 0 Å². The first-order chi connectivity index (χ1) is 12.7. The molecule has 0 radical (unpaired) electrons. The maximum atomic E-state index is 13.3. The van der Waals surface area contributed by atoms with Crippen LogP contribution in [0.2, 0.25) is 0 Å². The summed E-state index contributed by atoms with van der Waals surface area (Å²) < 4.78 is 2.18. The average Bonchev–Trinajstić information content (AvgIpc) is 2.97. The molecule has 26 heavy (non-hydrogen) atoms. The monoisotopic (exact) mass is 366 g/mol. The lowest BCUT2D eigenvalue weighted by molar-refractivity contribution is -0.141. The second-order valence-electron chi connectivity index (χ2n) is 8.69. The number of benzene rings is 1. The highest BCUT2D eigenvalue weighted by Gasteiger charge is 2.54. The molecule has 4 aliphatic rings. The molecule has 1 aromatic heterocycles. The lowest BCUT2D eigenvalue weighted by Crippen LogP contribution is -2.50. The van der Waals surface area contributed by atoms with Crippen molar-refractivity contribution in [1.82, 2.24) is 9.55 Å². The molecule has 0 aliphatic heterocycles. The van der Waals surface area contributed by atoms with E-state index in [0.29, 0.717) is 11.5 Å². The van der Waals surface area contributed by atoms with E-state index in [4.69, 9.17) is 4.98 Å². The number of Topliss-reactive ketones (excluding diaryl/α,β-unsaturated/α-hetero) is 1. The first kappa shape index (κ1) is 16.6. The van der Waals surface area contributed by atoms with Gasteiger partial charge >= 0.3 is 0 Å². The second-order valence-corrected chi connectivity index (χ2v) is 9.63. The molecule has 2 aromatic rings. The average molecular weight is 367 g/mol. The molecule has 4 heteroatoms. The van der Waals surface area contributed by atoms with E-state index in [1.165, 1.54) is 19.3 Å². The van der Waals surface area contributed by atoms with Gasteiger partial charge in [-0.15, -0.1) is 6.58 Å². The van der Waals surface area contributed by atoms with Gasteiger partial charge < -0.3 is 4.57 Å². The molecule has 4 aliphatic carbocycles. The largest absolute Gasteiger partial charge is 0.315 e. The number of carbonyl (C=O) groups excluding carboxylic acids is 1. The van der Waals surface area contributed by atoms with Crippen LogP contribution in [0.1, 0.15) is 38.5 Å². The quantitative estimate of drug-likeness (QED) is 0.527. The van der Waals surface area contributed by atoms with Crippen molar-refractivity contribution >= 4 is 28.6 Å². The molecule has 0 saturated heterocycles. The first-order valence-corrected chi connectivity index (χ1v) is 10.9. The van der Waals surface area contributed by atoms with Gasteiger partial charge in [0.05, 0.1) is 16.8 Å². The van der Waals surface area contributed by atoms with Crippen molar-refractivity contribution in [2.24, 2.45) is 23.2 Å². The Morgan fingerprint density at radius 1 is 1.19 bits per heavy atom. The fourth-order valence-corrected chi connectivity index (χ4v) is 7.26. The Bertz CT molecular complexity index is 833. The minimum absolute atomic E-state index is 0.00294. The van der Waals surface area contributed by atoms with Crippen LogP contribution in [0.4, 0.5) is 0 Å². The summed E-state index contributed by atoms with van der Waals surface area (Å²) in [5, 5.41) is 0.948. The zero-order chi connectivity index (χ0) is 17.7. The van der Waals surface area contributed by atoms with Crippen molar-refractivity contribution in [2.75, 3.05) is 5.75 Å². The van der Waals surface area contributed by atoms with Crippen LogP contribution >= 0.6 is 11.8 Å². The van der Waals surface area contributed by atoms with Gasteiger partial charge in [-0.3, -0.25) is 4.79 Å². The van der Waals surface area contributed by atoms with Gasteiger partial charge in [0.15, 0.2) is 5.16 Å². The molecule has 4 bridgehead atoms. The number of thioether (sulfide) groups is 1. The fourth-order valence-electron chi connectivity index (χ4n) is 6.20. The number of carbonyl (C=O) groups is 1. The Hall–Kier alpha value is -1.55. The summed E-state index contributed by atoms with van der Waals surface area (Å²) in [7, 11) is 0. The van der Waals surface area contributed by atoms with Crippen molar-refractivity contribution in [2.45, 2.75) is 50.2 Å². The number of fused-ring (bicyclic) bond motifs is 1. The van der Waals surface area contributed by atoms with Crippen LogP contribution in [0.25, 0.3) is 11.0 Å². The van der Waals surface area contributed by atoms with Gasteiger partial charge in [0.25, 0.3) is 0 Å². The van der Waals surface area contributed by atoms with Gasteiger partial charge in [-0.2, -0.15) is 0 Å². The molecule has 6 rings (SSSR count). The molecule has 136 valence electrons. The van der Waals surface area contributed by atoms with Crippen molar-refractivity contribution < 1.29 is 4.79 Å². The number of imidazole rings is 1. The number of rotatable bonds is 6. The Labute approximate surface area is 159 Å². The van der Waals surface area contributed by atoms with Crippen LogP contribution in [0.15, 0.2) is 42.1 Å². The Kier molecular flexibility index (Phi) is 4.00. The number of hydrogen-bond acceptors (Lipinski definition) is 3. The smallest absolute Gasteiger partial charge is 0.169 e. The topological polar surface area (TPSA) is 34.9 Å². The number of hydrogen-bond donors (Lipinski definition) is 0. The SMILES string of the molecule is C=CCn1c(SCC(=O)C23CC4CC(CC(C4)C2)C3)nc2ccccc21. The molecule has 4 saturated carbocycles. The predicted molar refractivity (Wildman–Crippen MR) is 106 cm³/mol. The van der Waals surface area contributed by atoms with E-state index in [1.807, 2.05) is 24.3 Å². The summed E-state index contributed by atoms with van der Waals surface area (Å²) in [6.07, 6.45) is 9.52. The highest BCUT2D eigenvalue weighted by atomic mass is 32.2. The van der Waals surface area contributed by atoms with Crippen molar-refractivity contribution in [3.05, 3.63) is 36.9 Å². The van der Waals surface area contributed by atoms with E-state index >= 15 is 0 Å². The van der Waals surface area contributed by atoms with Crippen LogP contribution in [0.5, 0.6) is 0 Å². The molecule has 4 fully saturated rings. The standard InChI is InChI=1S/C22H26N2OS/c1-2-7-24-19-6-4-3-5-18(19)23-21(24)26-14-20(25)22-11-15-8-16(12-22)10-17(9-15)13-22/h2-6,15-17H,1,7-14H2. The Balaban J connectivity index is 1.36. The minimum Gasteiger partial charge on any atom is -0.315 e. The summed E-state index contributed by atoms with van der Waals surface area (Å²) in [5.74, 6) is 3.51. The minimum atomic E-state index is -0.00294. The second kappa shape index (κ2) is 6.26. The maximum Gasteiger partial charge on any atom is 0.169 e. The lowest BCUT2D eigenvalue weighted by atomic mass is 9.48. The van der Waals surface area contributed by atoms with Gasteiger partial charge in [-0.05, 0) is 68.4 Å². The molecular formula is C22H26N2OS. The number of para-hydroxylation sites is 2. The predicted octanol–water partition coefficient (Wildman–Crippen LogP) is 5.10. The van der Waals surface area contributed by atoms with Crippen molar-refractivity contribution in [3.63, 3.8) is 0 Å². The van der Waals surface area contributed by atoms with Crippen LogP contribution in [-0.2, 0) is 11.3 Å². The third kappa shape index (κ3) is 2.65. The molecule has 0 amide bonds. The van der Waals surface area contributed by atoms with Gasteiger partial charge in [-0.1, -0.05) is 30.0 Å². The highest BCUT2D eigenvalue weighted by Crippen LogP contribution is 2.60. The highest BCUT2D eigenvalue weighted by molar-refractivity contribution is 7.99. The van der Waals surface area contributed by atoms with Crippen LogP contribution in [-0.4, -0.2) is 21.1 Å². The first-order valence-electron chi connectivity index (χ1n) is 9.89. The molecular weight excluding hydrogens is 340 g/mol. The van der Waals surface area contributed by atoms with Crippen LogP contribution in [0, 0.1) is 23.2 Å². The molecule has 0 atom stereocenters. The fraction of sp³-hybridized carbons (Fsp3) is 0.545. The Morgan fingerprint density at radius 3 is 2.50 bits per heavy atom. The van der Waals surface area contributed by atoms with E-state index in [0.717, 1.165) is 59.8 Å². The summed E-state index contributed by atoms with van der Waals surface area (Å²) in [5.41, 5.74) is 2.12.